The molecule has 5 aliphatic rings. The van der Waals surface area contributed by atoms with Crippen LogP contribution < -0.4 is 0 Å². The third-order valence-corrected chi connectivity index (χ3v) is 9.80. The normalized spacial score (nSPS) is 48.5. The number of carbonyl (C=O) groups is 1. The summed E-state index contributed by atoms with van der Waals surface area (Å²) in [5.74, 6) is 3.97. The van der Waals surface area contributed by atoms with Gasteiger partial charge < -0.3 is 9.26 Å². The molecule has 4 aliphatic carbocycles. The molecule has 0 bridgehead atoms. The van der Waals surface area contributed by atoms with Crippen LogP contribution in [0.5, 0.6) is 0 Å². The zero-order valence-corrected chi connectivity index (χ0v) is 17.6. The first-order valence-electron chi connectivity index (χ1n) is 11.6. The Hall–Kier alpha value is -1.49. The zero-order valence-electron chi connectivity index (χ0n) is 17.6. The highest BCUT2D eigenvalue weighted by Gasteiger charge is 2.61. The molecule has 2 heterocycles. The number of hydrogen-bond donors (Lipinski definition) is 0. The summed E-state index contributed by atoms with van der Waals surface area (Å²) in [7, 11) is 0. The molecule has 0 amide bonds. The summed E-state index contributed by atoms with van der Waals surface area (Å²) in [4.78, 5) is 17.1. The molecule has 0 N–H and O–H groups in total. The van der Waals surface area contributed by atoms with Gasteiger partial charge in [-0.05, 0) is 67.1 Å². The van der Waals surface area contributed by atoms with Gasteiger partial charge >= 0.3 is 0 Å². The van der Waals surface area contributed by atoms with Gasteiger partial charge in [-0.25, -0.2) is 0 Å². The first kappa shape index (κ1) is 18.3. The Balaban J connectivity index is 1.29. The van der Waals surface area contributed by atoms with Gasteiger partial charge in [0.2, 0.25) is 5.89 Å². The molecule has 156 valence electrons. The quantitative estimate of drug-likeness (QED) is 0.694. The molecule has 8 atom stereocenters. The number of hydrogen-bond acceptors (Lipinski definition) is 5. The van der Waals surface area contributed by atoms with Gasteiger partial charge in [0.1, 0.15) is 5.78 Å². The standard InChI is InChI=1S/C24H32N2O3/c1-23-8-7-19-17(18(23)6-3-14-12-28-22(14)23)5-4-16-10-20(27)15(11-24(16,19)2)9-21-25-13-26-29-21/h4,13-15,17-19,22H,3,5-12H2,1-2H3. The van der Waals surface area contributed by atoms with Crippen molar-refractivity contribution in [2.45, 2.75) is 71.3 Å². The highest BCUT2D eigenvalue weighted by atomic mass is 16.5. The fourth-order valence-electron chi connectivity index (χ4n) is 8.28. The molecule has 29 heavy (non-hydrogen) atoms. The monoisotopic (exact) mass is 396 g/mol. The van der Waals surface area contributed by atoms with Crippen molar-refractivity contribution in [2.24, 2.45) is 40.4 Å². The van der Waals surface area contributed by atoms with E-state index in [0.717, 1.165) is 37.2 Å². The van der Waals surface area contributed by atoms with Gasteiger partial charge in [0.05, 0.1) is 12.7 Å². The molecular weight excluding hydrogens is 364 g/mol. The minimum absolute atomic E-state index is 0.00959. The van der Waals surface area contributed by atoms with Gasteiger partial charge in [0.25, 0.3) is 0 Å². The minimum atomic E-state index is 0.00959. The average Bonchev–Trinajstić information content (AvgIpc) is 3.16. The highest BCUT2D eigenvalue weighted by Crippen LogP contribution is 2.66. The van der Waals surface area contributed by atoms with E-state index in [1.807, 2.05) is 0 Å². The van der Waals surface area contributed by atoms with Crippen molar-refractivity contribution < 1.29 is 14.1 Å². The molecule has 0 radical (unpaired) electrons. The van der Waals surface area contributed by atoms with Crippen molar-refractivity contribution in [1.82, 2.24) is 10.1 Å². The Bertz CT molecular complexity index is 848. The SMILES string of the molecule is CC12CC(Cc3ncno3)C(=O)CC1=CCC1C2CCC2(C)C1CCC1COC12. The first-order valence-corrected chi connectivity index (χ1v) is 11.6. The fraction of sp³-hybridized carbons (Fsp3) is 0.792. The van der Waals surface area contributed by atoms with Crippen molar-refractivity contribution in [2.75, 3.05) is 6.61 Å². The van der Waals surface area contributed by atoms with Crippen LogP contribution in [0, 0.1) is 40.4 Å². The Labute approximate surface area is 172 Å². The van der Waals surface area contributed by atoms with Crippen LogP contribution in [0.2, 0.25) is 0 Å². The predicted octanol–water partition coefficient (Wildman–Crippen LogP) is 4.39. The maximum Gasteiger partial charge on any atom is 0.227 e. The lowest BCUT2D eigenvalue weighted by molar-refractivity contribution is -0.242. The van der Waals surface area contributed by atoms with Gasteiger partial charge in [-0.1, -0.05) is 30.7 Å². The van der Waals surface area contributed by atoms with E-state index in [2.05, 4.69) is 30.1 Å². The molecule has 0 spiro atoms. The Morgan fingerprint density at radius 3 is 2.86 bits per heavy atom. The number of aromatic nitrogens is 2. The second kappa shape index (κ2) is 6.26. The Kier molecular flexibility index (Phi) is 3.95. The van der Waals surface area contributed by atoms with Crippen LogP contribution in [0.4, 0.5) is 0 Å². The molecule has 4 fully saturated rings. The van der Waals surface area contributed by atoms with E-state index in [9.17, 15) is 4.79 Å². The number of Topliss-reactive ketones (excluding diaryl/α,β-unsaturated/α-hetero) is 1. The van der Waals surface area contributed by atoms with Crippen molar-refractivity contribution in [1.29, 1.82) is 0 Å². The van der Waals surface area contributed by atoms with E-state index in [1.165, 1.54) is 37.6 Å². The smallest absolute Gasteiger partial charge is 0.227 e. The second-order valence-corrected chi connectivity index (χ2v) is 11.0. The molecule has 1 aromatic rings. The maximum atomic E-state index is 12.9. The van der Waals surface area contributed by atoms with E-state index in [1.54, 1.807) is 0 Å². The molecular formula is C24H32N2O3. The van der Waals surface area contributed by atoms with Crippen LogP contribution in [-0.4, -0.2) is 28.6 Å². The molecule has 5 heteroatoms. The highest BCUT2D eigenvalue weighted by molar-refractivity contribution is 5.85. The van der Waals surface area contributed by atoms with Crippen molar-refractivity contribution in [3.05, 3.63) is 23.9 Å². The number of carbonyl (C=O) groups excluding carboxylic acids is 1. The lowest BCUT2D eigenvalue weighted by Gasteiger charge is -2.64. The van der Waals surface area contributed by atoms with Crippen LogP contribution in [0.3, 0.4) is 0 Å². The summed E-state index contributed by atoms with van der Waals surface area (Å²) >= 11 is 0. The van der Waals surface area contributed by atoms with Gasteiger partial charge in [-0.2, -0.15) is 4.98 Å². The molecule has 1 aliphatic heterocycles. The topological polar surface area (TPSA) is 65.2 Å². The summed E-state index contributed by atoms with van der Waals surface area (Å²) < 4.78 is 11.4. The number of ether oxygens (including phenoxy) is 1. The molecule has 1 aromatic heterocycles. The summed E-state index contributed by atoms with van der Waals surface area (Å²) in [5.41, 5.74) is 1.92. The van der Waals surface area contributed by atoms with Crippen LogP contribution in [0.25, 0.3) is 0 Å². The number of nitrogens with zero attached hydrogens (tertiary/aromatic N) is 2. The predicted molar refractivity (Wildman–Crippen MR) is 107 cm³/mol. The molecule has 3 saturated carbocycles. The minimum Gasteiger partial charge on any atom is -0.377 e. The Morgan fingerprint density at radius 1 is 1.21 bits per heavy atom. The number of rotatable bonds is 2. The number of ketones is 1. The van der Waals surface area contributed by atoms with Crippen LogP contribution in [-0.2, 0) is 16.0 Å². The second-order valence-electron chi connectivity index (χ2n) is 11.0. The van der Waals surface area contributed by atoms with E-state index in [-0.39, 0.29) is 11.3 Å². The van der Waals surface area contributed by atoms with Crippen LogP contribution in [0.15, 0.2) is 22.5 Å². The molecule has 5 nitrogen and oxygen atoms in total. The molecule has 0 aromatic carbocycles. The molecule has 6 rings (SSSR count). The van der Waals surface area contributed by atoms with Crippen molar-refractivity contribution in [3.8, 4) is 0 Å². The number of fused-ring (bicyclic) bond motifs is 7. The van der Waals surface area contributed by atoms with Gasteiger partial charge in [-0.3, -0.25) is 4.79 Å². The van der Waals surface area contributed by atoms with Crippen LogP contribution in [0.1, 0.15) is 64.7 Å². The summed E-state index contributed by atoms with van der Waals surface area (Å²) in [5, 5.41) is 3.73. The number of allylic oxidation sites excluding steroid dienone is 2. The first-order chi connectivity index (χ1) is 14.0. The van der Waals surface area contributed by atoms with E-state index >= 15 is 0 Å². The van der Waals surface area contributed by atoms with Crippen LogP contribution >= 0.6 is 0 Å². The summed E-state index contributed by atoms with van der Waals surface area (Å²) in [6, 6.07) is 0. The fourth-order valence-corrected chi connectivity index (χ4v) is 8.28. The zero-order chi connectivity index (χ0) is 19.8. The van der Waals surface area contributed by atoms with E-state index in [4.69, 9.17) is 9.26 Å². The summed E-state index contributed by atoms with van der Waals surface area (Å²) in [6.07, 6.45) is 13.0. The van der Waals surface area contributed by atoms with E-state index in [0.29, 0.717) is 42.0 Å². The molecule has 8 unspecified atom stereocenters. The lowest BCUT2D eigenvalue weighted by atomic mass is 9.43. The third kappa shape index (κ3) is 2.52. The van der Waals surface area contributed by atoms with Gasteiger partial charge in [0, 0.05) is 24.7 Å². The maximum absolute atomic E-state index is 12.9. The summed E-state index contributed by atoms with van der Waals surface area (Å²) in [6.45, 7) is 5.97. The lowest BCUT2D eigenvalue weighted by Crippen LogP contribution is -2.62. The van der Waals surface area contributed by atoms with E-state index < -0.39 is 0 Å². The molecule has 1 saturated heterocycles. The van der Waals surface area contributed by atoms with Gasteiger partial charge in [0.15, 0.2) is 6.33 Å². The third-order valence-electron chi connectivity index (χ3n) is 9.80. The Morgan fingerprint density at radius 2 is 2.10 bits per heavy atom. The van der Waals surface area contributed by atoms with Crippen molar-refractivity contribution >= 4 is 5.78 Å². The van der Waals surface area contributed by atoms with Crippen molar-refractivity contribution in [3.63, 3.8) is 0 Å². The van der Waals surface area contributed by atoms with Gasteiger partial charge in [-0.15, -0.1) is 0 Å². The average molecular weight is 397 g/mol. The largest absolute Gasteiger partial charge is 0.377 e.